The van der Waals surface area contributed by atoms with Gasteiger partial charge in [-0.1, -0.05) is 74.5 Å². The van der Waals surface area contributed by atoms with Crippen molar-refractivity contribution in [2.24, 2.45) is 7.05 Å². The number of rotatable bonds is 4. The van der Waals surface area contributed by atoms with Crippen molar-refractivity contribution in [1.29, 1.82) is 5.26 Å². The van der Waals surface area contributed by atoms with E-state index in [4.69, 9.17) is 4.42 Å². The molecular weight excluding hydrogens is 464 g/mol. The number of nitriles is 1. The molecule has 0 spiro atoms. The first kappa shape index (κ1) is 23.7. The summed E-state index contributed by atoms with van der Waals surface area (Å²) in [6.07, 6.45) is 2.05. The lowest BCUT2D eigenvalue weighted by Crippen LogP contribution is -2.30. The van der Waals surface area contributed by atoms with E-state index in [0.29, 0.717) is 11.5 Å². The molecule has 0 fully saturated rings. The van der Waals surface area contributed by atoms with Crippen molar-refractivity contribution < 1.29 is 8.98 Å². The fourth-order valence-corrected chi connectivity index (χ4v) is 5.37. The Labute approximate surface area is 223 Å². The summed E-state index contributed by atoms with van der Waals surface area (Å²) in [5.41, 5.74) is 11.0. The minimum absolute atomic E-state index is 0.508. The van der Waals surface area contributed by atoms with Gasteiger partial charge < -0.3 is 4.42 Å². The summed E-state index contributed by atoms with van der Waals surface area (Å²) in [7, 11) is 2.05. The van der Waals surface area contributed by atoms with Gasteiger partial charge in [-0.2, -0.15) is 5.26 Å². The van der Waals surface area contributed by atoms with Crippen molar-refractivity contribution in [3.8, 4) is 39.6 Å². The third kappa shape index (κ3) is 3.86. The number of hydrogen-bond acceptors (Lipinski definition) is 2. The van der Waals surface area contributed by atoms with E-state index in [0.717, 1.165) is 55.4 Å². The molecule has 0 aliphatic heterocycles. The molecule has 2 heterocycles. The normalized spacial score (nSPS) is 11.4. The number of aromatic nitrogens is 1. The standard InChI is InChI=1S/C35H29N2O/c1-22(2)24-9-11-25(12-10-24)26-13-15-27(16-14-26)33-28(21-36)17-19-30-29-18-8-23(3)32(34(29)38-35(30)33)31-7-5-6-20-37(31)4/h5-20,22H,1-4H3/q+1. The zero-order valence-electron chi connectivity index (χ0n) is 22.1. The van der Waals surface area contributed by atoms with Crippen LogP contribution in [0.25, 0.3) is 55.4 Å². The van der Waals surface area contributed by atoms with Crippen molar-refractivity contribution in [2.75, 3.05) is 0 Å². The molecule has 184 valence electrons. The second-order valence-corrected chi connectivity index (χ2v) is 10.3. The molecule has 0 atom stereocenters. The smallest absolute Gasteiger partial charge is 0.216 e. The fourth-order valence-electron chi connectivity index (χ4n) is 5.37. The molecule has 2 aromatic heterocycles. The van der Waals surface area contributed by atoms with Gasteiger partial charge in [0.2, 0.25) is 5.69 Å². The SMILES string of the molecule is Cc1ccc2c(oc3c(-c4ccc(-c5ccc(C(C)C)cc5)cc4)c(C#N)ccc32)c1-c1cccc[n+]1C. The lowest BCUT2D eigenvalue weighted by molar-refractivity contribution is -0.660. The predicted molar refractivity (Wildman–Crippen MR) is 155 cm³/mol. The number of hydrogen-bond donors (Lipinski definition) is 0. The van der Waals surface area contributed by atoms with Crippen LogP contribution >= 0.6 is 0 Å². The first-order chi connectivity index (χ1) is 18.5. The summed E-state index contributed by atoms with van der Waals surface area (Å²) >= 11 is 0. The molecule has 4 aromatic carbocycles. The van der Waals surface area contributed by atoms with Gasteiger partial charge in [0.15, 0.2) is 6.20 Å². The Morgan fingerprint density at radius 3 is 1.95 bits per heavy atom. The Bertz CT molecular complexity index is 1850. The van der Waals surface area contributed by atoms with Gasteiger partial charge in [-0.05, 0) is 58.9 Å². The molecule has 0 aliphatic carbocycles. The number of fused-ring (bicyclic) bond motifs is 3. The second kappa shape index (κ2) is 9.32. The van der Waals surface area contributed by atoms with Crippen LogP contribution in [0.5, 0.6) is 0 Å². The lowest BCUT2D eigenvalue weighted by Gasteiger charge is -2.09. The van der Waals surface area contributed by atoms with Gasteiger partial charge in [0, 0.05) is 28.5 Å². The highest BCUT2D eigenvalue weighted by Crippen LogP contribution is 2.42. The summed E-state index contributed by atoms with van der Waals surface area (Å²) in [5, 5.41) is 12.1. The quantitative estimate of drug-likeness (QED) is 0.230. The van der Waals surface area contributed by atoms with Gasteiger partial charge in [-0.15, -0.1) is 0 Å². The number of aryl methyl sites for hydroxylation is 2. The third-order valence-corrected chi connectivity index (χ3v) is 7.53. The van der Waals surface area contributed by atoms with E-state index < -0.39 is 0 Å². The maximum absolute atomic E-state index is 10.0. The van der Waals surface area contributed by atoms with E-state index in [-0.39, 0.29) is 0 Å². The number of nitrogens with zero attached hydrogens (tertiary/aromatic N) is 2. The Morgan fingerprint density at radius 2 is 1.32 bits per heavy atom. The summed E-state index contributed by atoms with van der Waals surface area (Å²) in [4.78, 5) is 0. The Kier molecular flexibility index (Phi) is 5.81. The molecule has 0 saturated heterocycles. The Morgan fingerprint density at radius 1 is 0.711 bits per heavy atom. The van der Waals surface area contributed by atoms with E-state index in [1.165, 1.54) is 11.1 Å². The molecule has 3 nitrogen and oxygen atoms in total. The second-order valence-electron chi connectivity index (χ2n) is 10.3. The summed E-state index contributed by atoms with van der Waals surface area (Å²) in [5.74, 6) is 0.508. The van der Waals surface area contributed by atoms with Crippen LogP contribution in [0.2, 0.25) is 0 Å². The minimum atomic E-state index is 0.508. The van der Waals surface area contributed by atoms with Crippen LogP contribution in [0, 0.1) is 18.3 Å². The van der Waals surface area contributed by atoms with Crippen molar-refractivity contribution in [2.45, 2.75) is 26.7 Å². The molecular formula is C35H29N2O+. The molecule has 0 N–H and O–H groups in total. The van der Waals surface area contributed by atoms with Crippen molar-refractivity contribution in [3.05, 3.63) is 114 Å². The maximum atomic E-state index is 10.0. The van der Waals surface area contributed by atoms with Crippen molar-refractivity contribution in [1.82, 2.24) is 0 Å². The molecule has 38 heavy (non-hydrogen) atoms. The topological polar surface area (TPSA) is 40.8 Å². The van der Waals surface area contributed by atoms with E-state index in [9.17, 15) is 5.26 Å². The van der Waals surface area contributed by atoms with Gasteiger partial charge in [0.1, 0.15) is 18.2 Å². The fraction of sp³-hybridized carbons (Fsp3) is 0.143. The molecule has 0 bridgehead atoms. The molecule has 0 amide bonds. The highest BCUT2D eigenvalue weighted by atomic mass is 16.3. The zero-order valence-corrected chi connectivity index (χ0v) is 22.1. The van der Waals surface area contributed by atoms with Crippen LogP contribution in [0.15, 0.2) is 102 Å². The summed E-state index contributed by atoms with van der Waals surface area (Å²) in [6.45, 7) is 6.53. The van der Waals surface area contributed by atoms with Crippen molar-refractivity contribution >= 4 is 21.9 Å². The van der Waals surface area contributed by atoms with Gasteiger partial charge >= 0.3 is 0 Å². The summed E-state index contributed by atoms with van der Waals surface area (Å²) in [6, 6.07) is 34.0. The average Bonchev–Trinajstić information content (AvgIpc) is 3.32. The minimum Gasteiger partial charge on any atom is -0.454 e. The van der Waals surface area contributed by atoms with Crippen LogP contribution < -0.4 is 4.57 Å². The van der Waals surface area contributed by atoms with E-state index in [1.807, 2.05) is 37.5 Å². The number of pyridine rings is 1. The van der Waals surface area contributed by atoms with Crippen LogP contribution in [-0.2, 0) is 7.05 Å². The summed E-state index contributed by atoms with van der Waals surface area (Å²) < 4.78 is 8.80. The first-order valence-electron chi connectivity index (χ1n) is 13.0. The predicted octanol–water partition coefficient (Wildman–Crippen LogP) is 8.72. The molecule has 6 rings (SSSR count). The number of benzene rings is 4. The molecule has 0 aliphatic rings. The van der Waals surface area contributed by atoms with Crippen LogP contribution in [0.4, 0.5) is 0 Å². The molecule has 3 heteroatoms. The lowest BCUT2D eigenvalue weighted by atomic mass is 9.94. The van der Waals surface area contributed by atoms with Crippen LogP contribution in [0.1, 0.15) is 36.5 Å². The van der Waals surface area contributed by atoms with E-state index >= 15 is 0 Å². The van der Waals surface area contributed by atoms with Crippen molar-refractivity contribution in [3.63, 3.8) is 0 Å². The van der Waals surface area contributed by atoms with E-state index in [1.54, 1.807) is 0 Å². The van der Waals surface area contributed by atoms with Crippen LogP contribution in [-0.4, -0.2) is 0 Å². The highest BCUT2D eigenvalue weighted by molar-refractivity contribution is 6.14. The Balaban J connectivity index is 1.53. The van der Waals surface area contributed by atoms with Crippen LogP contribution in [0.3, 0.4) is 0 Å². The van der Waals surface area contributed by atoms with Gasteiger partial charge in [-0.3, -0.25) is 0 Å². The van der Waals surface area contributed by atoms with Gasteiger partial charge in [0.25, 0.3) is 0 Å². The zero-order chi connectivity index (χ0) is 26.4. The highest BCUT2D eigenvalue weighted by Gasteiger charge is 2.22. The maximum Gasteiger partial charge on any atom is 0.216 e. The average molecular weight is 494 g/mol. The monoisotopic (exact) mass is 493 g/mol. The number of furan rings is 1. The molecule has 0 unspecified atom stereocenters. The molecule has 0 saturated carbocycles. The van der Waals surface area contributed by atoms with Gasteiger partial charge in [0.05, 0.1) is 17.2 Å². The first-order valence-corrected chi connectivity index (χ1v) is 13.0. The molecule has 0 radical (unpaired) electrons. The largest absolute Gasteiger partial charge is 0.454 e. The molecule has 6 aromatic rings. The van der Waals surface area contributed by atoms with E-state index in [2.05, 4.69) is 98.1 Å². The Hall–Kier alpha value is -4.68. The third-order valence-electron chi connectivity index (χ3n) is 7.53. The van der Waals surface area contributed by atoms with Gasteiger partial charge in [-0.25, -0.2) is 4.57 Å².